The van der Waals surface area contributed by atoms with Crippen molar-refractivity contribution in [3.05, 3.63) is 41.4 Å². The normalized spacial score (nSPS) is 11.1. The van der Waals surface area contributed by atoms with Gasteiger partial charge in [0, 0.05) is 27.4 Å². The zero-order chi connectivity index (χ0) is 11.1. The molecule has 0 unspecified atom stereocenters. The lowest BCUT2D eigenvalue weighted by Gasteiger charge is -1.98. The molecule has 0 aliphatic heterocycles. The molecule has 1 N–H and O–H groups in total. The van der Waals surface area contributed by atoms with Crippen molar-refractivity contribution in [2.75, 3.05) is 7.11 Å². The molecule has 2 aromatic carbocycles. The first kappa shape index (κ1) is 9.55. The molecule has 80 valence electrons. The third-order valence-electron chi connectivity index (χ3n) is 2.77. The lowest BCUT2D eigenvalue weighted by Crippen LogP contribution is -1.80. The van der Waals surface area contributed by atoms with E-state index in [-0.39, 0.29) is 0 Å². The number of methoxy groups -OCH3 is 1. The second kappa shape index (κ2) is 3.42. The first-order chi connectivity index (χ1) is 7.78. The van der Waals surface area contributed by atoms with Crippen molar-refractivity contribution in [3.63, 3.8) is 0 Å². The Kier molecular flexibility index (Phi) is 2.04. The molecule has 2 nitrogen and oxygen atoms in total. The molecule has 0 amide bonds. The number of nitrogens with one attached hydrogen (secondary N) is 1. The summed E-state index contributed by atoms with van der Waals surface area (Å²) in [5.74, 6) is 0.852. The van der Waals surface area contributed by atoms with Crippen LogP contribution in [0, 0.1) is 0 Å². The summed E-state index contributed by atoms with van der Waals surface area (Å²) in [6.07, 6.45) is 0. The third-order valence-corrected chi connectivity index (χ3v) is 3.00. The van der Waals surface area contributed by atoms with Crippen molar-refractivity contribution < 1.29 is 4.74 Å². The summed E-state index contributed by atoms with van der Waals surface area (Å²) < 4.78 is 5.20. The lowest BCUT2D eigenvalue weighted by molar-refractivity contribution is 0.415. The molecule has 0 saturated heterocycles. The minimum atomic E-state index is 0.742. The molecule has 0 aliphatic rings. The number of benzene rings is 2. The molecular formula is C13H10ClNO. The summed E-state index contributed by atoms with van der Waals surface area (Å²) in [4.78, 5) is 3.33. The quantitative estimate of drug-likeness (QED) is 0.673. The van der Waals surface area contributed by atoms with Crippen molar-refractivity contribution in [1.29, 1.82) is 0 Å². The van der Waals surface area contributed by atoms with Crippen LogP contribution >= 0.6 is 11.6 Å². The minimum absolute atomic E-state index is 0.742. The van der Waals surface area contributed by atoms with Gasteiger partial charge < -0.3 is 9.72 Å². The van der Waals surface area contributed by atoms with Crippen molar-refractivity contribution >= 4 is 33.4 Å². The summed E-state index contributed by atoms with van der Waals surface area (Å²) in [5.41, 5.74) is 2.12. The van der Waals surface area contributed by atoms with Gasteiger partial charge >= 0.3 is 0 Å². The molecule has 0 bridgehead atoms. The largest absolute Gasteiger partial charge is 0.497 e. The van der Waals surface area contributed by atoms with Gasteiger partial charge in [0.15, 0.2) is 0 Å². The number of aromatic amines is 1. The van der Waals surface area contributed by atoms with E-state index in [1.54, 1.807) is 7.11 Å². The van der Waals surface area contributed by atoms with Crippen molar-refractivity contribution in [3.8, 4) is 5.75 Å². The van der Waals surface area contributed by atoms with Gasteiger partial charge in [0.25, 0.3) is 0 Å². The summed E-state index contributed by atoms with van der Waals surface area (Å²) in [5, 5.41) is 3.11. The monoisotopic (exact) mass is 231 g/mol. The molecule has 3 heteroatoms. The molecule has 0 saturated carbocycles. The van der Waals surface area contributed by atoms with Crippen LogP contribution in [0.3, 0.4) is 0 Å². The molecule has 3 aromatic rings. The maximum Gasteiger partial charge on any atom is 0.120 e. The summed E-state index contributed by atoms with van der Waals surface area (Å²) in [6.45, 7) is 0. The number of ether oxygens (including phenoxy) is 1. The molecule has 0 radical (unpaired) electrons. The van der Waals surface area contributed by atoms with Crippen LogP contribution in [0.25, 0.3) is 21.8 Å². The van der Waals surface area contributed by atoms with Gasteiger partial charge in [0.2, 0.25) is 0 Å². The molecular weight excluding hydrogens is 222 g/mol. The average molecular weight is 232 g/mol. The fourth-order valence-corrected chi connectivity index (χ4v) is 2.16. The molecule has 0 atom stereocenters. The van der Waals surface area contributed by atoms with Crippen LogP contribution in [-0.2, 0) is 0 Å². The van der Waals surface area contributed by atoms with Gasteiger partial charge in [-0.05, 0) is 24.3 Å². The molecule has 16 heavy (non-hydrogen) atoms. The van der Waals surface area contributed by atoms with Gasteiger partial charge in [0.1, 0.15) is 5.75 Å². The first-order valence-corrected chi connectivity index (χ1v) is 5.41. The SMILES string of the molecule is COc1ccc2c(c1)[nH]c1cc(Cl)ccc12. The van der Waals surface area contributed by atoms with E-state index in [1.807, 2.05) is 30.3 Å². The number of hydrogen-bond donors (Lipinski definition) is 1. The molecule has 0 spiro atoms. The van der Waals surface area contributed by atoms with E-state index in [4.69, 9.17) is 16.3 Å². The van der Waals surface area contributed by atoms with Crippen molar-refractivity contribution in [2.24, 2.45) is 0 Å². The molecule has 0 aliphatic carbocycles. The Morgan fingerprint density at radius 2 is 1.69 bits per heavy atom. The van der Waals surface area contributed by atoms with E-state index in [0.717, 1.165) is 21.8 Å². The number of H-pyrrole nitrogens is 1. The van der Waals surface area contributed by atoms with E-state index in [0.29, 0.717) is 0 Å². The molecule has 0 fully saturated rings. The predicted octanol–water partition coefficient (Wildman–Crippen LogP) is 3.98. The highest BCUT2D eigenvalue weighted by molar-refractivity contribution is 6.31. The van der Waals surface area contributed by atoms with Gasteiger partial charge in [-0.1, -0.05) is 17.7 Å². The number of rotatable bonds is 1. The average Bonchev–Trinajstić information content (AvgIpc) is 2.64. The molecule has 3 rings (SSSR count). The maximum atomic E-state index is 5.96. The summed E-state index contributed by atoms with van der Waals surface area (Å²) in [7, 11) is 1.67. The Bertz CT molecular complexity index is 672. The van der Waals surface area contributed by atoms with Crippen LogP contribution in [0.4, 0.5) is 0 Å². The van der Waals surface area contributed by atoms with E-state index in [2.05, 4.69) is 11.1 Å². The minimum Gasteiger partial charge on any atom is -0.497 e. The maximum absolute atomic E-state index is 5.96. The molecule has 1 heterocycles. The highest BCUT2D eigenvalue weighted by Gasteiger charge is 2.05. The number of fused-ring (bicyclic) bond motifs is 3. The second-order valence-corrected chi connectivity index (χ2v) is 4.16. The topological polar surface area (TPSA) is 25.0 Å². The van der Waals surface area contributed by atoms with Gasteiger partial charge in [0.05, 0.1) is 12.6 Å². The van der Waals surface area contributed by atoms with Crippen LogP contribution in [0.1, 0.15) is 0 Å². The Morgan fingerprint density at radius 3 is 2.44 bits per heavy atom. The van der Waals surface area contributed by atoms with Gasteiger partial charge in [-0.15, -0.1) is 0 Å². The standard InChI is InChI=1S/C13H10ClNO/c1-16-9-3-5-11-10-4-2-8(14)6-12(10)15-13(11)7-9/h2-7,15H,1H3. The Morgan fingerprint density at radius 1 is 1.00 bits per heavy atom. The fraction of sp³-hybridized carbons (Fsp3) is 0.0769. The Balaban J connectivity index is 2.40. The first-order valence-electron chi connectivity index (χ1n) is 5.03. The van der Waals surface area contributed by atoms with Crippen LogP contribution in [0.2, 0.25) is 5.02 Å². The predicted molar refractivity (Wildman–Crippen MR) is 67.4 cm³/mol. The van der Waals surface area contributed by atoms with Crippen LogP contribution in [-0.4, -0.2) is 12.1 Å². The fourth-order valence-electron chi connectivity index (χ4n) is 1.99. The van der Waals surface area contributed by atoms with Gasteiger partial charge in [-0.3, -0.25) is 0 Å². The van der Waals surface area contributed by atoms with E-state index < -0.39 is 0 Å². The smallest absolute Gasteiger partial charge is 0.120 e. The third kappa shape index (κ3) is 1.34. The zero-order valence-electron chi connectivity index (χ0n) is 8.75. The zero-order valence-corrected chi connectivity index (χ0v) is 9.51. The van der Waals surface area contributed by atoms with Crippen molar-refractivity contribution in [2.45, 2.75) is 0 Å². The van der Waals surface area contributed by atoms with Crippen LogP contribution < -0.4 is 4.74 Å². The molecule has 1 aromatic heterocycles. The van der Waals surface area contributed by atoms with Gasteiger partial charge in [-0.25, -0.2) is 0 Å². The van der Waals surface area contributed by atoms with E-state index in [1.165, 1.54) is 10.8 Å². The lowest BCUT2D eigenvalue weighted by atomic mass is 10.1. The highest BCUT2D eigenvalue weighted by Crippen LogP contribution is 2.29. The highest BCUT2D eigenvalue weighted by atomic mass is 35.5. The van der Waals surface area contributed by atoms with E-state index >= 15 is 0 Å². The Labute approximate surface area is 97.8 Å². The number of aromatic nitrogens is 1. The van der Waals surface area contributed by atoms with Crippen LogP contribution in [0.5, 0.6) is 5.75 Å². The van der Waals surface area contributed by atoms with Crippen molar-refractivity contribution in [1.82, 2.24) is 4.98 Å². The summed E-state index contributed by atoms with van der Waals surface area (Å²) in [6, 6.07) is 11.9. The summed E-state index contributed by atoms with van der Waals surface area (Å²) >= 11 is 5.96. The Hall–Kier alpha value is -1.67. The van der Waals surface area contributed by atoms with Gasteiger partial charge in [-0.2, -0.15) is 0 Å². The van der Waals surface area contributed by atoms with Crippen LogP contribution in [0.15, 0.2) is 36.4 Å². The number of hydrogen-bond acceptors (Lipinski definition) is 1. The second-order valence-electron chi connectivity index (χ2n) is 3.73. The van der Waals surface area contributed by atoms with E-state index in [9.17, 15) is 0 Å². The number of halogens is 1.